The van der Waals surface area contributed by atoms with Crippen LogP contribution in [0.15, 0.2) is 23.1 Å². The Morgan fingerprint density at radius 3 is 2.62 bits per heavy atom. The van der Waals surface area contributed by atoms with Crippen molar-refractivity contribution in [2.24, 2.45) is 5.73 Å². The lowest BCUT2D eigenvalue weighted by molar-refractivity contribution is 0.550. The minimum atomic E-state index is -3.05. The van der Waals surface area contributed by atoms with Crippen molar-refractivity contribution in [2.75, 3.05) is 5.75 Å². The summed E-state index contributed by atoms with van der Waals surface area (Å²) in [6.07, 6.45) is 1.54. The van der Waals surface area contributed by atoms with E-state index in [9.17, 15) is 8.42 Å². The highest BCUT2D eigenvalue weighted by molar-refractivity contribution is 7.91. The Labute approximate surface area is 96.6 Å². The number of hydrogen-bond donors (Lipinski definition) is 1. The minimum Gasteiger partial charge on any atom is -0.322 e. The summed E-state index contributed by atoms with van der Waals surface area (Å²) >= 11 is 0. The van der Waals surface area contributed by atoms with Crippen molar-refractivity contribution >= 4 is 9.84 Å². The molecule has 0 aromatic heterocycles. The van der Waals surface area contributed by atoms with Crippen molar-refractivity contribution in [1.82, 2.24) is 0 Å². The largest absolute Gasteiger partial charge is 0.322 e. The third kappa shape index (κ3) is 1.99. The lowest BCUT2D eigenvalue weighted by Crippen LogP contribution is -2.29. The average molecular weight is 239 g/mol. The molecule has 0 atom stereocenters. The van der Waals surface area contributed by atoms with Crippen LogP contribution in [0.1, 0.15) is 31.4 Å². The van der Waals surface area contributed by atoms with E-state index in [1.165, 1.54) is 0 Å². The van der Waals surface area contributed by atoms with E-state index in [1.807, 2.05) is 26.0 Å². The van der Waals surface area contributed by atoms with Crippen molar-refractivity contribution < 1.29 is 8.42 Å². The van der Waals surface area contributed by atoms with Gasteiger partial charge in [0.2, 0.25) is 0 Å². The van der Waals surface area contributed by atoms with Gasteiger partial charge < -0.3 is 5.73 Å². The zero-order valence-corrected chi connectivity index (χ0v) is 10.5. The maximum absolute atomic E-state index is 11.8. The maximum atomic E-state index is 11.8. The molecule has 1 heterocycles. The molecule has 0 fully saturated rings. The number of fused-ring (bicyclic) bond motifs is 1. The number of nitrogens with two attached hydrogens (primary N) is 1. The summed E-state index contributed by atoms with van der Waals surface area (Å²) in [5.41, 5.74) is 7.50. The summed E-state index contributed by atoms with van der Waals surface area (Å²) in [6, 6.07) is 5.46. The van der Waals surface area contributed by atoms with E-state index in [-0.39, 0.29) is 5.75 Å². The molecular formula is C12H17NO2S. The monoisotopic (exact) mass is 239 g/mol. The molecule has 0 bridgehead atoms. The molecule has 1 aromatic carbocycles. The second-order valence-corrected chi connectivity index (χ2v) is 7.04. The highest BCUT2D eigenvalue weighted by Gasteiger charge is 2.25. The molecule has 3 nitrogen and oxygen atoms in total. The normalized spacial score (nSPS) is 19.2. The van der Waals surface area contributed by atoms with E-state index < -0.39 is 15.4 Å². The summed E-state index contributed by atoms with van der Waals surface area (Å²) in [5.74, 6) is 0.269. The van der Waals surface area contributed by atoms with Crippen LogP contribution < -0.4 is 5.73 Å². The van der Waals surface area contributed by atoms with Crippen LogP contribution in [0.3, 0.4) is 0 Å². The number of hydrogen-bond acceptors (Lipinski definition) is 3. The van der Waals surface area contributed by atoms with Crippen LogP contribution in [-0.4, -0.2) is 14.2 Å². The highest BCUT2D eigenvalue weighted by Crippen LogP contribution is 2.28. The number of sulfone groups is 1. The van der Waals surface area contributed by atoms with Gasteiger partial charge in [-0.05, 0) is 43.9 Å². The first-order valence-corrected chi connectivity index (χ1v) is 7.11. The fourth-order valence-corrected chi connectivity index (χ4v) is 3.62. The minimum absolute atomic E-state index is 0.269. The van der Waals surface area contributed by atoms with Gasteiger partial charge in [0.25, 0.3) is 0 Å². The van der Waals surface area contributed by atoms with E-state index in [0.29, 0.717) is 11.3 Å². The van der Waals surface area contributed by atoms with Gasteiger partial charge in [-0.15, -0.1) is 0 Å². The van der Waals surface area contributed by atoms with Crippen LogP contribution >= 0.6 is 0 Å². The third-order valence-electron chi connectivity index (χ3n) is 3.00. The molecule has 0 amide bonds. The summed E-state index contributed by atoms with van der Waals surface area (Å²) in [7, 11) is -3.05. The molecule has 0 radical (unpaired) electrons. The molecule has 1 aliphatic rings. The second-order valence-electron chi connectivity index (χ2n) is 4.97. The summed E-state index contributed by atoms with van der Waals surface area (Å²) < 4.78 is 23.6. The molecule has 2 rings (SSSR count). The van der Waals surface area contributed by atoms with Gasteiger partial charge in [0.05, 0.1) is 10.6 Å². The first kappa shape index (κ1) is 11.6. The molecule has 16 heavy (non-hydrogen) atoms. The number of rotatable bonds is 1. The lowest BCUT2D eigenvalue weighted by atomic mass is 9.93. The van der Waals surface area contributed by atoms with Crippen LogP contribution in [0.2, 0.25) is 0 Å². The van der Waals surface area contributed by atoms with Crippen LogP contribution in [-0.2, 0) is 21.8 Å². The quantitative estimate of drug-likeness (QED) is 0.809. The third-order valence-corrected chi connectivity index (χ3v) is 4.89. The predicted molar refractivity (Wildman–Crippen MR) is 64.0 cm³/mol. The SMILES string of the molecule is CC(C)(N)c1ccc2c(c1)CCCS2(=O)=O. The summed E-state index contributed by atoms with van der Waals surface area (Å²) in [6.45, 7) is 3.85. The van der Waals surface area contributed by atoms with Gasteiger partial charge in [-0.25, -0.2) is 8.42 Å². The molecule has 0 unspecified atom stereocenters. The Bertz CT molecular complexity index is 512. The van der Waals surface area contributed by atoms with E-state index in [0.717, 1.165) is 17.5 Å². The fourth-order valence-electron chi connectivity index (χ4n) is 2.04. The lowest BCUT2D eigenvalue weighted by Gasteiger charge is -2.23. The maximum Gasteiger partial charge on any atom is 0.178 e. The van der Waals surface area contributed by atoms with Crippen molar-refractivity contribution in [2.45, 2.75) is 37.1 Å². The van der Waals surface area contributed by atoms with Crippen LogP contribution in [0.5, 0.6) is 0 Å². The van der Waals surface area contributed by atoms with Gasteiger partial charge in [-0.3, -0.25) is 0 Å². The van der Waals surface area contributed by atoms with Crippen molar-refractivity contribution in [3.05, 3.63) is 29.3 Å². The van der Waals surface area contributed by atoms with E-state index >= 15 is 0 Å². The molecule has 0 saturated carbocycles. The first-order valence-electron chi connectivity index (χ1n) is 5.46. The Morgan fingerprint density at radius 2 is 2.00 bits per heavy atom. The Hall–Kier alpha value is -0.870. The molecule has 2 N–H and O–H groups in total. The van der Waals surface area contributed by atoms with Gasteiger partial charge in [0.15, 0.2) is 9.84 Å². The molecule has 4 heteroatoms. The molecule has 0 aliphatic carbocycles. The standard InChI is InChI=1S/C12H17NO2S/c1-12(2,13)10-5-6-11-9(8-10)4-3-7-16(11,14)15/h5-6,8H,3-4,7,13H2,1-2H3. The first-order chi connectivity index (χ1) is 7.31. The van der Waals surface area contributed by atoms with Crippen molar-refractivity contribution in [3.63, 3.8) is 0 Å². The van der Waals surface area contributed by atoms with Crippen molar-refractivity contribution in [1.29, 1.82) is 0 Å². The second kappa shape index (κ2) is 3.57. The Balaban J connectivity index is 2.57. The van der Waals surface area contributed by atoms with Gasteiger partial charge >= 0.3 is 0 Å². The van der Waals surface area contributed by atoms with Gasteiger partial charge in [0.1, 0.15) is 0 Å². The average Bonchev–Trinajstić information content (AvgIpc) is 2.15. The summed E-state index contributed by atoms with van der Waals surface area (Å²) in [5, 5.41) is 0. The van der Waals surface area contributed by atoms with Gasteiger partial charge in [-0.1, -0.05) is 12.1 Å². The fraction of sp³-hybridized carbons (Fsp3) is 0.500. The smallest absolute Gasteiger partial charge is 0.178 e. The van der Waals surface area contributed by atoms with Gasteiger partial charge in [-0.2, -0.15) is 0 Å². The van der Waals surface area contributed by atoms with Crippen LogP contribution in [0.4, 0.5) is 0 Å². The van der Waals surface area contributed by atoms with E-state index in [1.54, 1.807) is 6.07 Å². The molecule has 1 aliphatic heterocycles. The molecular weight excluding hydrogens is 222 g/mol. The molecule has 0 spiro atoms. The van der Waals surface area contributed by atoms with Crippen LogP contribution in [0, 0.1) is 0 Å². The Kier molecular flexibility index (Phi) is 2.59. The van der Waals surface area contributed by atoms with Gasteiger partial charge in [0, 0.05) is 5.54 Å². The highest BCUT2D eigenvalue weighted by atomic mass is 32.2. The Morgan fingerprint density at radius 1 is 1.31 bits per heavy atom. The molecule has 1 aromatic rings. The zero-order valence-electron chi connectivity index (χ0n) is 9.66. The topological polar surface area (TPSA) is 60.2 Å². The molecule has 0 saturated heterocycles. The number of aryl methyl sites for hydroxylation is 1. The zero-order chi connectivity index (χ0) is 12.0. The van der Waals surface area contributed by atoms with E-state index in [4.69, 9.17) is 5.73 Å². The van der Waals surface area contributed by atoms with Crippen molar-refractivity contribution in [3.8, 4) is 0 Å². The molecule has 88 valence electrons. The number of benzene rings is 1. The predicted octanol–water partition coefficient (Wildman–Crippen LogP) is 1.60. The van der Waals surface area contributed by atoms with Crippen LogP contribution in [0.25, 0.3) is 0 Å². The van der Waals surface area contributed by atoms with E-state index in [2.05, 4.69) is 0 Å². The summed E-state index contributed by atoms with van der Waals surface area (Å²) in [4.78, 5) is 0.492.